The first kappa shape index (κ1) is 15.4. The summed E-state index contributed by atoms with van der Waals surface area (Å²) in [5.74, 6) is -0.0603. The average molecular weight is 312 g/mol. The molecule has 0 aromatic heterocycles. The van der Waals surface area contributed by atoms with Crippen LogP contribution in [0.25, 0.3) is 0 Å². The number of fused-ring (bicyclic) bond motifs is 1. The SMILES string of the molecule is Cc1cc(OCCN2Cc3ccc(C(=O)O)cc3C2)ccc1N. The number of hydrogen-bond acceptors (Lipinski definition) is 4. The zero-order valence-electron chi connectivity index (χ0n) is 13.1. The van der Waals surface area contributed by atoms with E-state index in [1.54, 1.807) is 12.1 Å². The largest absolute Gasteiger partial charge is 0.492 e. The van der Waals surface area contributed by atoms with Crippen molar-refractivity contribution in [3.63, 3.8) is 0 Å². The van der Waals surface area contributed by atoms with Crippen molar-refractivity contribution in [2.24, 2.45) is 0 Å². The van der Waals surface area contributed by atoms with Gasteiger partial charge in [-0.1, -0.05) is 6.07 Å². The fraction of sp³-hybridized carbons (Fsp3) is 0.278. The number of aryl methyl sites for hydroxylation is 1. The minimum absolute atomic E-state index is 0.346. The number of nitrogen functional groups attached to an aromatic ring is 1. The van der Waals surface area contributed by atoms with Gasteiger partial charge in [0.2, 0.25) is 0 Å². The first-order chi connectivity index (χ1) is 11.0. The molecule has 2 aromatic rings. The second-order valence-corrected chi connectivity index (χ2v) is 5.87. The molecule has 5 nitrogen and oxygen atoms in total. The number of rotatable bonds is 5. The van der Waals surface area contributed by atoms with Crippen molar-refractivity contribution >= 4 is 11.7 Å². The van der Waals surface area contributed by atoms with Crippen LogP contribution >= 0.6 is 0 Å². The number of aromatic carboxylic acids is 1. The van der Waals surface area contributed by atoms with Crippen molar-refractivity contribution in [1.29, 1.82) is 0 Å². The fourth-order valence-electron chi connectivity index (χ4n) is 2.79. The summed E-state index contributed by atoms with van der Waals surface area (Å²) in [5.41, 5.74) is 10.2. The maximum absolute atomic E-state index is 11.0. The summed E-state index contributed by atoms with van der Waals surface area (Å²) >= 11 is 0. The van der Waals surface area contributed by atoms with Crippen molar-refractivity contribution in [2.75, 3.05) is 18.9 Å². The molecule has 1 aliphatic heterocycles. The second-order valence-electron chi connectivity index (χ2n) is 5.87. The molecule has 0 saturated heterocycles. The molecule has 5 heteroatoms. The van der Waals surface area contributed by atoms with E-state index in [0.29, 0.717) is 12.2 Å². The van der Waals surface area contributed by atoms with Crippen LogP contribution in [-0.4, -0.2) is 29.1 Å². The fourth-order valence-corrected chi connectivity index (χ4v) is 2.79. The number of carboxylic acids is 1. The minimum atomic E-state index is -0.881. The van der Waals surface area contributed by atoms with Gasteiger partial charge in [0.1, 0.15) is 12.4 Å². The van der Waals surface area contributed by atoms with Crippen molar-refractivity contribution < 1.29 is 14.6 Å². The summed E-state index contributed by atoms with van der Waals surface area (Å²) in [6.45, 7) is 4.93. The van der Waals surface area contributed by atoms with Gasteiger partial charge in [-0.2, -0.15) is 0 Å². The molecule has 0 bridgehead atoms. The maximum Gasteiger partial charge on any atom is 0.335 e. The van der Waals surface area contributed by atoms with Crippen LogP contribution in [0.5, 0.6) is 5.75 Å². The molecule has 0 radical (unpaired) electrons. The van der Waals surface area contributed by atoms with Crippen LogP contribution in [0.1, 0.15) is 27.0 Å². The molecular weight excluding hydrogens is 292 g/mol. The Labute approximate surface area is 135 Å². The molecule has 0 unspecified atom stereocenters. The summed E-state index contributed by atoms with van der Waals surface area (Å²) in [6, 6.07) is 11.0. The van der Waals surface area contributed by atoms with Gasteiger partial charge in [0, 0.05) is 25.3 Å². The normalized spacial score (nSPS) is 13.8. The summed E-state index contributed by atoms with van der Waals surface area (Å²) in [5, 5.41) is 9.05. The number of ether oxygens (including phenoxy) is 1. The van der Waals surface area contributed by atoms with E-state index in [1.807, 2.05) is 31.2 Å². The molecule has 0 spiro atoms. The van der Waals surface area contributed by atoms with E-state index in [1.165, 1.54) is 5.56 Å². The first-order valence-electron chi connectivity index (χ1n) is 7.59. The lowest BCUT2D eigenvalue weighted by molar-refractivity contribution is 0.0696. The molecule has 3 N–H and O–H groups in total. The van der Waals surface area contributed by atoms with Crippen LogP contribution in [-0.2, 0) is 13.1 Å². The zero-order valence-corrected chi connectivity index (χ0v) is 13.1. The predicted molar refractivity (Wildman–Crippen MR) is 88.6 cm³/mol. The maximum atomic E-state index is 11.0. The van der Waals surface area contributed by atoms with Gasteiger partial charge < -0.3 is 15.6 Å². The van der Waals surface area contributed by atoms with Gasteiger partial charge >= 0.3 is 5.97 Å². The lowest BCUT2D eigenvalue weighted by atomic mass is 10.1. The summed E-state index contributed by atoms with van der Waals surface area (Å²) in [6.07, 6.45) is 0. The van der Waals surface area contributed by atoms with Crippen LogP contribution in [0.3, 0.4) is 0 Å². The van der Waals surface area contributed by atoms with Crippen LogP contribution < -0.4 is 10.5 Å². The summed E-state index contributed by atoms with van der Waals surface area (Å²) < 4.78 is 5.77. The van der Waals surface area contributed by atoms with Crippen LogP contribution in [0.4, 0.5) is 5.69 Å². The number of carbonyl (C=O) groups is 1. The van der Waals surface area contributed by atoms with Crippen molar-refractivity contribution in [1.82, 2.24) is 4.90 Å². The van der Waals surface area contributed by atoms with E-state index in [-0.39, 0.29) is 0 Å². The molecule has 23 heavy (non-hydrogen) atoms. The number of anilines is 1. The highest BCUT2D eigenvalue weighted by Crippen LogP contribution is 2.24. The third-order valence-electron chi connectivity index (χ3n) is 4.16. The van der Waals surface area contributed by atoms with E-state index in [2.05, 4.69) is 4.90 Å². The quantitative estimate of drug-likeness (QED) is 0.830. The Kier molecular flexibility index (Phi) is 4.21. The predicted octanol–water partition coefficient (Wildman–Crippen LogP) is 2.67. The monoisotopic (exact) mass is 312 g/mol. The number of carboxylic acid groups (broad SMARTS) is 1. The molecule has 0 aliphatic carbocycles. The van der Waals surface area contributed by atoms with E-state index in [9.17, 15) is 4.79 Å². The Morgan fingerprint density at radius 1 is 1.22 bits per heavy atom. The van der Waals surface area contributed by atoms with Crippen LogP contribution in [0.15, 0.2) is 36.4 Å². The average Bonchev–Trinajstić information content (AvgIpc) is 2.92. The highest BCUT2D eigenvalue weighted by atomic mass is 16.5. The third kappa shape index (κ3) is 3.46. The van der Waals surface area contributed by atoms with Gasteiger partial charge in [-0.15, -0.1) is 0 Å². The zero-order chi connectivity index (χ0) is 16.4. The number of benzene rings is 2. The van der Waals surface area contributed by atoms with Gasteiger partial charge in [0.05, 0.1) is 5.56 Å². The van der Waals surface area contributed by atoms with E-state index >= 15 is 0 Å². The Balaban J connectivity index is 1.54. The lowest BCUT2D eigenvalue weighted by Crippen LogP contribution is -2.22. The lowest BCUT2D eigenvalue weighted by Gasteiger charge is -2.15. The summed E-state index contributed by atoms with van der Waals surface area (Å²) in [4.78, 5) is 13.3. The third-order valence-corrected chi connectivity index (χ3v) is 4.16. The molecule has 0 atom stereocenters. The highest BCUT2D eigenvalue weighted by Gasteiger charge is 2.20. The molecule has 0 saturated carbocycles. The van der Waals surface area contributed by atoms with Crippen molar-refractivity contribution in [3.8, 4) is 5.75 Å². The van der Waals surface area contributed by atoms with E-state index in [0.717, 1.165) is 42.2 Å². The number of nitrogens with two attached hydrogens (primary N) is 1. The second kappa shape index (κ2) is 6.30. The Bertz CT molecular complexity index is 743. The van der Waals surface area contributed by atoms with Crippen molar-refractivity contribution in [2.45, 2.75) is 20.0 Å². The molecule has 120 valence electrons. The number of nitrogens with zero attached hydrogens (tertiary/aromatic N) is 1. The first-order valence-corrected chi connectivity index (χ1v) is 7.59. The van der Waals surface area contributed by atoms with Crippen LogP contribution in [0.2, 0.25) is 0 Å². The molecular formula is C18H20N2O3. The molecule has 0 fully saturated rings. The smallest absolute Gasteiger partial charge is 0.335 e. The molecule has 3 rings (SSSR count). The van der Waals surface area contributed by atoms with Crippen LogP contribution in [0, 0.1) is 6.92 Å². The highest BCUT2D eigenvalue weighted by molar-refractivity contribution is 5.87. The molecule has 1 heterocycles. The molecule has 0 amide bonds. The number of hydrogen-bond donors (Lipinski definition) is 2. The van der Waals surface area contributed by atoms with E-state index in [4.69, 9.17) is 15.6 Å². The van der Waals surface area contributed by atoms with Gasteiger partial charge in [0.15, 0.2) is 0 Å². The standard InChI is InChI=1S/C18H20N2O3/c1-12-8-16(4-5-17(12)19)23-7-6-20-10-14-3-2-13(18(21)22)9-15(14)11-20/h2-5,8-9H,6-7,10-11,19H2,1H3,(H,21,22). The Hall–Kier alpha value is -2.53. The Morgan fingerprint density at radius 2 is 2.00 bits per heavy atom. The van der Waals surface area contributed by atoms with E-state index < -0.39 is 5.97 Å². The minimum Gasteiger partial charge on any atom is -0.492 e. The summed E-state index contributed by atoms with van der Waals surface area (Å²) in [7, 11) is 0. The van der Waals surface area contributed by atoms with Gasteiger partial charge in [-0.25, -0.2) is 4.79 Å². The van der Waals surface area contributed by atoms with Gasteiger partial charge in [-0.05, 0) is 53.9 Å². The molecule has 1 aliphatic rings. The topological polar surface area (TPSA) is 75.8 Å². The van der Waals surface area contributed by atoms with Gasteiger partial charge in [0.25, 0.3) is 0 Å². The van der Waals surface area contributed by atoms with Gasteiger partial charge in [-0.3, -0.25) is 4.90 Å². The molecule has 2 aromatic carbocycles. The van der Waals surface area contributed by atoms with Crippen molar-refractivity contribution in [3.05, 3.63) is 58.7 Å². The Morgan fingerprint density at radius 3 is 2.74 bits per heavy atom.